The number of rotatable bonds is 54. The lowest BCUT2D eigenvalue weighted by Crippen LogP contribution is -2.46. The van der Waals surface area contributed by atoms with E-state index in [1.165, 1.54) is 186 Å². The summed E-state index contributed by atoms with van der Waals surface area (Å²) < 4.78 is 5.96. The molecule has 0 aliphatic rings. The van der Waals surface area contributed by atoms with Gasteiger partial charge in [-0.2, -0.15) is 0 Å². The fraction of sp³-hybridized carbons (Fsp3) is 0.839. The quantitative estimate of drug-likeness (QED) is 0.0244. The van der Waals surface area contributed by atoms with Gasteiger partial charge in [0.2, 0.25) is 5.91 Å². The Hall–Kier alpha value is -2.18. The van der Waals surface area contributed by atoms with Crippen LogP contribution in [0.3, 0.4) is 0 Å². The van der Waals surface area contributed by atoms with Gasteiger partial charge in [0.1, 0.15) is 6.10 Å². The normalized spacial score (nSPS) is 13.4. The molecule has 3 N–H and O–H groups in total. The van der Waals surface area contributed by atoms with Gasteiger partial charge < -0.3 is 20.3 Å². The molecule has 0 aromatic heterocycles. The van der Waals surface area contributed by atoms with E-state index in [-0.39, 0.29) is 24.9 Å². The van der Waals surface area contributed by atoms with E-state index in [1.807, 2.05) is 0 Å². The summed E-state index contributed by atoms with van der Waals surface area (Å²) in [5.74, 6) is -0.488. The number of hydrogen-bond acceptors (Lipinski definition) is 5. The van der Waals surface area contributed by atoms with E-state index in [2.05, 4.69) is 74.7 Å². The Morgan fingerprint density at radius 2 is 0.765 bits per heavy atom. The molecule has 398 valence electrons. The highest BCUT2D eigenvalue weighted by Gasteiger charge is 2.24. The van der Waals surface area contributed by atoms with Crippen LogP contribution in [0.2, 0.25) is 0 Å². The van der Waals surface area contributed by atoms with Crippen molar-refractivity contribution in [3.8, 4) is 0 Å². The first-order valence-corrected chi connectivity index (χ1v) is 29.9. The van der Waals surface area contributed by atoms with E-state index in [4.69, 9.17) is 4.74 Å². The van der Waals surface area contributed by atoms with Gasteiger partial charge in [-0.05, 0) is 77.0 Å². The number of hydrogen-bond donors (Lipinski definition) is 3. The molecule has 0 saturated carbocycles. The molecule has 6 nitrogen and oxygen atoms in total. The Bertz CT molecular complexity index is 1160. The second kappa shape index (κ2) is 55.7. The van der Waals surface area contributed by atoms with Crippen molar-refractivity contribution in [3.05, 3.63) is 48.6 Å². The number of unbranched alkanes of at least 4 members (excludes halogenated alkanes) is 36. The molecule has 68 heavy (non-hydrogen) atoms. The topological polar surface area (TPSA) is 95.9 Å². The minimum atomic E-state index is -0.793. The third-order valence-corrected chi connectivity index (χ3v) is 13.7. The molecule has 3 atom stereocenters. The first kappa shape index (κ1) is 65.8. The molecule has 1 amide bonds. The Kier molecular flexibility index (Phi) is 54.0. The van der Waals surface area contributed by atoms with Crippen molar-refractivity contribution in [1.29, 1.82) is 0 Å². The SMILES string of the molecule is CCCCCCC/C=C/C=C/C=C/CCCCCCCC(=O)OC(CCCCCCCCC/C=C/CCCCCCCC)CC(=O)NC(CO)C(O)CCCCCCCCCCCCCCCC. The number of ether oxygens (including phenoxy) is 1. The summed E-state index contributed by atoms with van der Waals surface area (Å²) >= 11 is 0. The van der Waals surface area contributed by atoms with Crippen LogP contribution in [-0.2, 0) is 14.3 Å². The Morgan fingerprint density at radius 1 is 0.426 bits per heavy atom. The number of aliphatic hydroxyl groups is 2. The highest BCUT2D eigenvalue weighted by Crippen LogP contribution is 2.18. The predicted octanol–water partition coefficient (Wildman–Crippen LogP) is 18.6. The summed E-state index contributed by atoms with van der Waals surface area (Å²) in [5.41, 5.74) is 0. The van der Waals surface area contributed by atoms with Crippen LogP contribution in [0.4, 0.5) is 0 Å². The molecule has 0 radical (unpaired) electrons. The molecule has 6 heteroatoms. The van der Waals surface area contributed by atoms with Crippen LogP contribution in [0.15, 0.2) is 48.6 Å². The van der Waals surface area contributed by atoms with E-state index in [9.17, 15) is 19.8 Å². The summed E-state index contributed by atoms with van der Waals surface area (Å²) in [5, 5.41) is 23.9. The second-order valence-corrected chi connectivity index (χ2v) is 20.5. The maximum Gasteiger partial charge on any atom is 0.306 e. The van der Waals surface area contributed by atoms with Gasteiger partial charge in [-0.15, -0.1) is 0 Å². The molecule has 0 aliphatic carbocycles. The van der Waals surface area contributed by atoms with Crippen molar-refractivity contribution >= 4 is 11.9 Å². The van der Waals surface area contributed by atoms with Gasteiger partial charge >= 0.3 is 5.97 Å². The van der Waals surface area contributed by atoms with E-state index in [1.54, 1.807) is 0 Å². The first-order chi connectivity index (χ1) is 33.5. The number of nitrogens with one attached hydrogen (secondary N) is 1. The van der Waals surface area contributed by atoms with Gasteiger partial charge in [0, 0.05) is 6.42 Å². The van der Waals surface area contributed by atoms with E-state index < -0.39 is 18.2 Å². The first-order valence-electron chi connectivity index (χ1n) is 29.9. The lowest BCUT2D eigenvalue weighted by molar-refractivity contribution is -0.151. The number of esters is 1. The van der Waals surface area contributed by atoms with Crippen LogP contribution in [0.1, 0.15) is 310 Å². The number of allylic oxidation sites excluding steroid dienone is 8. The van der Waals surface area contributed by atoms with Crippen molar-refractivity contribution in [2.75, 3.05) is 6.61 Å². The van der Waals surface area contributed by atoms with Crippen LogP contribution in [0.5, 0.6) is 0 Å². The van der Waals surface area contributed by atoms with Crippen LogP contribution in [0.25, 0.3) is 0 Å². The molecule has 0 aromatic carbocycles. The largest absolute Gasteiger partial charge is 0.462 e. The number of aliphatic hydroxyl groups excluding tert-OH is 2. The molecule has 0 bridgehead atoms. The fourth-order valence-electron chi connectivity index (χ4n) is 9.13. The van der Waals surface area contributed by atoms with Crippen LogP contribution >= 0.6 is 0 Å². The molecular weight excluding hydrogens is 839 g/mol. The minimum Gasteiger partial charge on any atom is -0.462 e. The van der Waals surface area contributed by atoms with Gasteiger partial charge in [-0.25, -0.2) is 0 Å². The van der Waals surface area contributed by atoms with Crippen molar-refractivity contribution in [1.82, 2.24) is 5.32 Å². The average molecular weight is 955 g/mol. The zero-order chi connectivity index (χ0) is 49.5. The lowest BCUT2D eigenvalue weighted by Gasteiger charge is -2.24. The highest BCUT2D eigenvalue weighted by molar-refractivity contribution is 5.77. The van der Waals surface area contributed by atoms with Gasteiger partial charge in [-0.1, -0.05) is 268 Å². The second-order valence-electron chi connectivity index (χ2n) is 20.5. The smallest absolute Gasteiger partial charge is 0.306 e. The highest BCUT2D eigenvalue weighted by atomic mass is 16.5. The van der Waals surface area contributed by atoms with Crippen LogP contribution in [0, 0.1) is 0 Å². The summed E-state index contributed by atoms with van der Waals surface area (Å²) in [6.45, 7) is 6.49. The van der Waals surface area contributed by atoms with Gasteiger partial charge in [-0.3, -0.25) is 9.59 Å². The van der Waals surface area contributed by atoms with Crippen molar-refractivity contribution < 1.29 is 24.5 Å². The summed E-state index contributed by atoms with van der Waals surface area (Å²) in [4.78, 5) is 26.3. The minimum absolute atomic E-state index is 0.0678. The Morgan fingerprint density at radius 3 is 1.16 bits per heavy atom. The van der Waals surface area contributed by atoms with Crippen molar-refractivity contribution in [2.24, 2.45) is 0 Å². The number of carbonyl (C=O) groups excluding carboxylic acids is 2. The molecule has 0 saturated heterocycles. The Labute approximate surface area is 423 Å². The molecule has 0 aromatic rings. The molecular formula is C62H115NO5. The summed E-state index contributed by atoms with van der Waals surface area (Å²) in [6, 6.07) is -0.708. The molecule has 3 unspecified atom stereocenters. The zero-order valence-corrected chi connectivity index (χ0v) is 45.5. The monoisotopic (exact) mass is 954 g/mol. The van der Waals surface area contributed by atoms with Crippen molar-refractivity contribution in [2.45, 2.75) is 328 Å². The number of amides is 1. The Balaban J connectivity index is 4.60. The van der Waals surface area contributed by atoms with E-state index >= 15 is 0 Å². The molecule has 0 spiro atoms. The third kappa shape index (κ3) is 50.2. The maximum atomic E-state index is 13.3. The summed E-state index contributed by atoms with van der Waals surface area (Å²) in [7, 11) is 0. The zero-order valence-electron chi connectivity index (χ0n) is 45.5. The molecule has 0 fully saturated rings. The lowest BCUT2D eigenvalue weighted by atomic mass is 10.0. The van der Waals surface area contributed by atoms with Gasteiger partial charge in [0.25, 0.3) is 0 Å². The number of carbonyl (C=O) groups is 2. The summed E-state index contributed by atoms with van der Waals surface area (Å²) in [6.07, 6.45) is 68.9. The average Bonchev–Trinajstić information content (AvgIpc) is 3.33. The standard InChI is InChI=1S/C62H115NO5/c1-4-7-10-13-16-19-22-25-28-30-32-34-37-40-43-46-49-52-55-62(67)68-58(53-50-47-44-41-38-35-33-31-29-26-23-20-17-14-11-8-5-2)56-61(66)63-59(57-64)60(65)54-51-48-45-42-39-36-27-24-21-18-15-12-9-6-3/h22,25-26,28-30,32,34,58-60,64-65H,4-21,23-24,27,31,33,35-57H2,1-3H3,(H,63,66)/b25-22+,29-26+,30-28+,34-32+. The van der Waals surface area contributed by atoms with Gasteiger partial charge in [0.15, 0.2) is 0 Å². The van der Waals surface area contributed by atoms with Crippen LogP contribution in [-0.4, -0.2) is 46.9 Å². The predicted molar refractivity (Wildman–Crippen MR) is 296 cm³/mol. The molecule has 0 heterocycles. The van der Waals surface area contributed by atoms with Gasteiger partial charge in [0.05, 0.1) is 25.2 Å². The van der Waals surface area contributed by atoms with Crippen LogP contribution < -0.4 is 5.32 Å². The van der Waals surface area contributed by atoms with E-state index in [0.717, 1.165) is 77.0 Å². The van der Waals surface area contributed by atoms with Crippen molar-refractivity contribution in [3.63, 3.8) is 0 Å². The maximum absolute atomic E-state index is 13.3. The fourth-order valence-corrected chi connectivity index (χ4v) is 9.13. The van der Waals surface area contributed by atoms with E-state index in [0.29, 0.717) is 19.3 Å². The molecule has 0 aliphatic heterocycles. The molecule has 0 rings (SSSR count). The third-order valence-electron chi connectivity index (χ3n) is 13.7.